The minimum absolute atomic E-state index is 0.285. The predicted molar refractivity (Wildman–Crippen MR) is 78.3 cm³/mol. The summed E-state index contributed by atoms with van der Waals surface area (Å²) >= 11 is 4.60. The summed E-state index contributed by atoms with van der Waals surface area (Å²) in [5, 5.41) is 12.1. The lowest BCUT2D eigenvalue weighted by atomic mass is 10.1. The lowest BCUT2D eigenvalue weighted by Gasteiger charge is -2.07. The number of halogens is 2. The molecule has 0 aromatic heterocycles. The third-order valence-electron chi connectivity index (χ3n) is 2.95. The minimum atomic E-state index is -1.29. The quantitative estimate of drug-likeness (QED) is 0.864. The molecule has 0 spiro atoms. The van der Waals surface area contributed by atoms with E-state index >= 15 is 0 Å². The van der Waals surface area contributed by atoms with Crippen LogP contribution < -0.4 is 5.32 Å². The second-order valence-corrected chi connectivity index (χ2v) is 6.35. The SMILES string of the molecule is O=C1Nc2cc(Sc3ccc(Br)cc3)c(F)cc2C1O. The fourth-order valence-electron chi connectivity index (χ4n) is 1.95. The molecule has 2 aromatic carbocycles. The average Bonchev–Trinajstić information content (AvgIpc) is 2.69. The fourth-order valence-corrected chi connectivity index (χ4v) is 3.08. The summed E-state index contributed by atoms with van der Waals surface area (Å²) < 4.78 is 15.0. The number of benzene rings is 2. The first-order valence-corrected chi connectivity index (χ1v) is 7.41. The van der Waals surface area contributed by atoms with Gasteiger partial charge in [0, 0.05) is 20.6 Å². The maximum Gasteiger partial charge on any atom is 0.257 e. The molecule has 0 saturated carbocycles. The highest BCUT2D eigenvalue weighted by Gasteiger charge is 2.29. The van der Waals surface area contributed by atoms with Gasteiger partial charge in [-0.25, -0.2) is 4.39 Å². The molecule has 0 aliphatic carbocycles. The largest absolute Gasteiger partial charge is 0.378 e. The monoisotopic (exact) mass is 353 g/mol. The summed E-state index contributed by atoms with van der Waals surface area (Å²) in [5.41, 5.74) is 0.746. The molecule has 6 heteroatoms. The van der Waals surface area contributed by atoms with Gasteiger partial charge in [0.05, 0.1) is 4.90 Å². The lowest BCUT2D eigenvalue weighted by Crippen LogP contribution is -2.10. The van der Waals surface area contributed by atoms with Crippen molar-refractivity contribution in [2.24, 2.45) is 0 Å². The highest BCUT2D eigenvalue weighted by Crippen LogP contribution is 2.38. The number of aliphatic hydroxyl groups is 1. The van der Waals surface area contributed by atoms with E-state index in [4.69, 9.17) is 0 Å². The number of aliphatic hydroxyl groups excluding tert-OH is 1. The Hall–Kier alpha value is -1.37. The van der Waals surface area contributed by atoms with Crippen LogP contribution in [0.4, 0.5) is 10.1 Å². The number of carbonyl (C=O) groups is 1. The maximum atomic E-state index is 14.0. The van der Waals surface area contributed by atoms with Crippen molar-refractivity contribution in [1.82, 2.24) is 0 Å². The van der Waals surface area contributed by atoms with Crippen LogP contribution in [0.2, 0.25) is 0 Å². The van der Waals surface area contributed by atoms with E-state index in [2.05, 4.69) is 21.2 Å². The Bertz CT molecular complexity index is 690. The predicted octanol–water partition coefficient (Wildman–Crippen LogP) is 3.72. The van der Waals surface area contributed by atoms with Crippen LogP contribution in [-0.4, -0.2) is 11.0 Å². The molecule has 102 valence electrons. The van der Waals surface area contributed by atoms with Crippen molar-refractivity contribution in [3.8, 4) is 0 Å². The van der Waals surface area contributed by atoms with Crippen LogP contribution in [0.15, 0.2) is 50.7 Å². The van der Waals surface area contributed by atoms with Crippen molar-refractivity contribution in [1.29, 1.82) is 0 Å². The molecule has 1 atom stereocenters. The van der Waals surface area contributed by atoms with Crippen molar-refractivity contribution >= 4 is 39.3 Å². The van der Waals surface area contributed by atoms with Gasteiger partial charge in [-0.1, -0.05) is 27.7 Å². The molecule has 0 fully saturated rings. The molecule has 0 bridgehead atoms. The van der Waals surface area contributed by atoms with Gasteiger partial charge >= 0.3 is 0 Å². The maximum absolute atomic E-state index is 14.0. The highest BCUT2D eigenvalue weighted by atomic mass is 79.9. The zero-order valence-electron chi connectivity index (χ0n) is 10.1. The molecule has 1 heterocycles. The van der Waals surface area contributed by atoms with Gasteiger partial charge < -0.3 is 10.4 Å². The van der Waals surface area contributed by atoms with Gasteiger partial charge in [-0.3, -0.25) is 4.79 Å². The minimum Gasteiger partial charge on any atom is -0.378 e. The Morgan fingerprint density at radius 3 is 2.65 bits per heavy atom. The van der Waals surface area contributed by atoms with Crippen molar-refractivity contribution < 1.29 is 14.3 Å². The van der Waals surface area contributed by atoms with Gasteiger partial charge in [-0.2, -0.15) is 0 Å². The van der Waals surface area contributed by atoms with Gasteiger partial charge in [0.15, 0.2) is 6.10 Å². The normalized spacial score (nSPS) is 16.9. The van der Waals surface area contributed by atoms with E-state index in [-0.39, 0.29) is 5.56 Å². The zero-order chi connectivity index (χ0) is 14.3. The van der Waals surface area contributed by atoms with Crippen molar-refractivity contribution in [2.45, 2.75) is 15.9 Å². The number of hydrogen-bond acceptors (Lipinski definition) is 3. The van der Waals surface area contributed by atoms with Crippen LogP contribution in [0.25, 0.3) is 0 Å². The average molecular weight is 354 g/mol. The Balaban J connectivity index is 1.94. The number of amides is 1. The molecule has 3 rings (SSSR count). The first-order chi connectivity index (χ1) is 9.54. The van der Waals surface area contributed by atoms with Crippen LogP contribution in [0.3, 0.4) is 0 Å². The molecule has 1 unspecified atom stereocenters. The van der Waals surface area contributed by atoms with E-state index in [0.29, 0.717) is 10.6 Å². The molecule has 1 aliphatic rings. The fraction of sp³-hybridized carbons (Fsp3) is 0.0714. The van der Waals surface area contributed by atoms with Crippen LogP contribution in [0, 0.1) is 5.82 Å². The second-order valence-electron chi connectivity index (χ2n) is 4.32. The third-order valence-corrected chi connectivity index (χ3v) is 4.52. The van der Waals surface area contributed by atoms with Crippen molar-refractivity contribution in [3.63, 3.8) is 0 Å². The number of rotatable bonds is 2. The molecular formula is C14H9BrFNO2S. The van der Waals surface area contributed by atoms with Crippen LogP contribution in [0.5, 0.6) is 0 Å². The van der Waals surface area contributed by atoms with Gasteiger partial charge in [0.2, 0.25) is 0 Å². The summed E-state index contributed by atoms with van der Waals surface area (Å²) in [6.45, 7) is 0. The number of anilines is 1. The molecule has 0 saturated heterocycles. The van der Waals surface area contributed by atoms with E-state index in [0.717, 1.165) is 9.37 Å². The molecule has 20 heavy (non-hydrogen) atoms. The van der Waals surface area contributed by atoms with Gasteiger partial charge in [0.25, 0.3) is 5.91 Å². The standard InChI is InChI=1S/C14H9BrFNO2S/c15-7-1-3-8(4-2-7)20-12-6-11-9(5-10(12)16)13(18)14(19)17-11/h1-6,13,18H,(H,17,19). The summed E-state index contributed by atoms with van der Waals surface area (Å²) in [6.07, 6.45) is -1.29. The van der Waals surface area contributed by atoms with E-state index in [1.54, 1.807) is 6.07 Å². The van der Waals surface area contributed by atoms with E-state index in [1.807, 2.05) is 24.3 Å². The Kier molecular flexibility index (Phi) is 3.54. The van der Waals surface area contributed by atoms with Crippen LogP contribution in [0.1, 0.15) is 11.7 Å². The Morgan fingerprint density at radius 2 is 1.95 bits per heavy atom. The lowest BCUT2D eigenvalue weighted by molar-refractivity contribution is -0.123. The van der Waals surface area contributed by atoms with Crippen LogP contribution in [-0.2, 0) is 4.79 Å². The highest BCUT2D eigenvalue weighted by molar-refractivity contribution is 9.10. The molecule has 3 nitrogen and oxygen atoms in total. The van der Waals surface area contributed by atoms with Gasteiger partial charge in [0.1, 0.15) is 5.82 Å². The summed E-state index contributed by atoms with van der Waals surface area (Å²) in [5.74, 6) is -0.975. The number of nitrogens with one attached hydrogen (secondary N) is 1. The first kappa shape index (κ1) is 13.6. The molecule has 1 aliphatic heterocycles. The molecule has 2 aromatic rings. The van der Waals surface area contributed by atoms with E-state index in [9.17, 15) is 14.3 Å². The Morgan fingerprint density at radius 1 is 1.25 bits per heavy atom. The van der Waals surface area contributed by atoms with Crippen molar-refractivity contribution in [3.05, 3.63) is 52.3 Å². The van der Waals surface area contributed by atoms with Crippen molar-refractivity contribution in [2.75, 3.05) is 5.32 Å². The van der Waals surface area contributed by atoms with Crippen LogP contribution >= 0.6 is 27.7 Å². The molecule has 2 N–H and O–H groups in total. The Labute approximate surface area is 127 Å². The smallest absolute Gasteiger partial charge is 0.257 e. The van der Waals surface area contributed by atoms with E-state index in [1.165, 1.54) is 17.8 Å². The molecule has 0 radical (unpaired) electrons. The summed E-state index contributed by atoms with van der Waals surface area (Å²) in [7, 11) is 0. The molecule has 1 amide bonds. The number of carbonyl (C=O) groups excluding carboxylic acids is 1. The molecular weight excluding hydrogens is 345 g/mol. The number of fused-ring (bicyclic) bond motifs is 1. The first-order valence-electron chi connectivity index (χ1n) is 5.80. The van der Waals surface area contributed by atoms with Gasteiger partial charge in [-0.05, 0) is 36.4 Å². The summed E-state index contributed by atoms with van der Waals surface area (Å²) in [6, 6.07) is 10.2. The number of hydrogen-bond donors (Lipinski definition) is 2. The summed E-state index contributed by atoms with van der Waals surface area (Å²) in [4.78, 5) is 12.6. The van der Waals surface area contributed by atoms with E-state index < -0.39 is 17.8 Å². The van der Waals surface area contributed by atoms with Gasteiger partial charge in [-0.15, -0.1) is 0 Å². The zero-order valence-corrected chi connectivity index (χ0v) is 12.5. The topological polar surface area (TPSA) is 49.3 Å². The third kappa shape index (κ3) is 2.46. The second kappa shape index (κ2) is 5.20.